The summed E-state index contributed by atoms with van der Waals surface area (Å²) in [6.07, 6.45) is 0. The maximum absolute atomic E-state index is 12.8. The molecule has 3 heterocycles. The predicted molar refractivity (Wildman–Crippen MR) is 96.1 cm³/mol. The first-order chi connectivity index (χ1) is 11.8. The lowest BCUT2D eigenvalue weighted by Gasteiger charge is -2.07. The smallest absolute Gasteiger partial charge is 0.270 e. The largest absolute Gasteiger partial charge is 0.365 e. The van der Waals surface area contributed by atoms with Crippen LogP contribution in [0.5, 0.6) is 0 Å². The fourth-order valence-electron chi connectivity index (χ4n) is 2.60. The first kappa shape index (κ1) is 16.8. The lowest BCUT2D eigenvalue weighted by atomic mass is 10.1. The number of rotatable bonds is 4. The lowest BCUT2D eigenvalue weighted by Crippen LogP contribution is -2.18. The summed E-state index contributed by atoms with van der Waals surface area (Å²) in [5.41, 5.74) is 7.81. The molecule has 3 aromatic rings. The van der Waals surface area contributed by atoms with Gasteiger partial charge in [0.2, 0.25) is 0 Å². The van der Waals surface area contributed by atoms with Gasteiger partial charge in [0.05, 0.1) is 16.6 Å². The highest BCUT2D eigenvalue weighted by molar-refractivity contribution is 7.20. The minimum Gasteiger partial charge on any atom is -0.365 e. The van der Waals surface area contributed by atoms with Crippen molar-refractivity contribution in [1.82, 2.24) is 19.7 Å². The second-order valence-electron chi connectivity index (χ2n) is 5.48. The number of carbonyl (C=O) groups is 2. The predicted octanol–water partition coefficient (Wildman–Crippen LogP) is 1.43. The normalized spacial score (nSPS) is 10.9. The molecule has 4 N–H and O–H groups in total. The van der Waals surface area contributed by atoms with Crippen LogP contribution in [0.3, 0.4) is 0 Å². The Kier molecular flexibility index (Phi) is 4.13. The number of nitrogens with one attached hydrogen (secondary N) is 2. The Labute approximate surface area is 147 Å². The Morgan fingerprint density at radius 1 is 1.28 bits per heavy atom. The number of anilines is 2. The molecule has 0 aliphatic rings. The number of carbonyl (C=O) groups excluding carboxylic acids is 2. The second kappa shape index (κ2) is 6.13. The van der Waals surface area contributed by atoms with Crippen molar-refractivity contribution in [3.8, 4) is 0 Å². The summed E-state index contributed by atoms with van der Waals surface area (Å²) in [4.78, 5) is 32.9. The summed E-state index contributed by atoms with van der Waals surface area (Å²) in [6, 6.07) is 1.69. The lowest BCUT2D eigenvalue weighted by molar-refractivity contribution is 0.0997. The third-order valence-electron chi connectivity index (χ3n) is 3.64. The monoisotopic (exact) mass is 359 g/mol. The van der Waals surface area contributed by atoms with E-state index < -0.39 is 5.91 Å². The molecule has 0 aliphatic heterocycles. The van der Waals surface area contributed by atoms with Crippen molar-refractivity contribution in [2.45, 2.75) is 13.8 Å². The third kappa shape index (κ3) is 2.91. The van der Waals surface area contributed by atoms with E-state index in [9.17, 15) is 9.59 Å². The van der Waals surface area contributed by atoms with Gasteiger partial charge in [0.25, 0.3) is 11.8 Å². The molecule has 0 saturated heterocycles. The van der Waals surface area contributed by atoms with Crippen LogP contribution in [0.1, 0.15) is 32.2 Å². The maximum Gasteiger partial charge on any atom is 0.270 e. The van der Waals surface area contributed by atoms with Gasteiger partial charge >= 0.3 is 0 Å². The van der Waals surface area contributed by atoms with Crippen molar-refractivity contribution in [2.75, 3.05) is 17.7 Å². The van der Waals surface area contributed by atoms with Crippen LogP contribution in [0.15, 0.2) is 6.07 Å². The van der Waals surface area contributed by atoms with Crippen LogP contribution < -0.4 is 16.4 Å². The van der Waals surface area contributed by atoms with E-state index in [-0.39, 0.29) is 11.6 Å². The van der Waals surface area contributed by atoms with E-state index in [1.165, 1.54) is 0 Å². The zero-order valence-electron chi connectivity index (χ0n) is 14.2. The number of hydrogen-bond donors (Lipinski definition) is 3. The molecule has 0 aliphatic carbocycles. The summed E-state index contributed by atoms with van der Waals surface area (Å²) < 4.78 is 1.63. The third-order valence-corrected chi connectivity index (χ3v) is 4.63. The van der Waals surface area contributed by atoms with E-state index in [0.717, 1.165) is 11.3 Å². The van der Waals surface area contributed by atoms with E-state index in [1.54, 1.807) is 31.8 Å². The molecule has 0 aromatic carbocycles. The number of aryl methyl sites for hydroxylation is 3. The minimum atomic E-state index is -0.707. The highest BCUT2D eigenvalue weighted by Gasteiger charge is 2.22. The molecule has 0 fully saturated rings. The van der Waals surface area contributed by atoms with E-state index in [2.05, 4.69) is 25.7 Å². The number of fused-ring (bicyclic) bond motifs is 1. The molecule has 10 heteroatoms. The van der Waals surface area contributed by atoms with Gasteiger partial charge in [-0.05, 0) is 19.9 Å². The Hall–Kier alpha value is -3.01. The summed E-state index contributed by atoms with van der Waals surface area (Å²) >= 11 is 1.14. The molecule has 0 saturated carbocycles. The molecule has 0 radical (unpaired) electrons. The molecule has 3 rings (SSSR count). The van der Waals surface area contributed by atoms with E-state index in [1.807, 2.05) is 6.92 Å². The molecule has 0 unspecified atom stereocenters. The van der Waals surface area contributed by atoms with Gasteiger partial charge in [-0.2, -0.15) is 5.10 Å². The van der Waals surface area contributed by atoms with Crippen LogP contribution in [0, 0.1) is 13.8 Å². The molecular formula is C15H17N7O2S. The number of hydrogen-bond acceptors (Lipinski definition) is 7. The van der Waals surface area contributed by atoms with E-state index in [0.29, 0.717) is 38.1 Å². The number of nitrogens with two attached hydrogens (primary N) is 1. The first-order valence-corrected chi connectivity index (χ1v) is 8.24. The number of pyridine rings is 1. The molecule has 0 spiro atoms. The maximum atomic E-state index is 12.8. The fourth-order valence-corrected chi connectivity index (χ4v) is 3.42. The summed E-state index contributed by atoms with van der Waals surface area (Å²) in [6.45, 7) is 3.62. The van der Waals surface area contributed by atoms with Crippen LogP contribution in [-0.4, -0.2) is 38.6 Å². The summed E-state index contributed by atoms with van der Waals surface area (Å²) in [7, 11) is 3.45. The SMILES string of the molecule is CNc1nc(C(N)=O)c(NC(=O)c2cc(C)nc3c2c(C)nn3C)s1. The van der Waals surface area contributed by atoms with Gasteiger partial charge in [-0.1, -0.05) is 11.3 Å². The molecule has 3 aromatic heterocycles. The number of thiazole rings is 1. The van der Waals surface area contributed by atoms with Crippen molar-refractivity contribution in [3.63, 3.8) is 0 Å². The van der Waals surface area contributed by atoms with Crippen molar-refractivity contribution in [1.29, 1.82) is 0 Å². The molecule has 130 valence electrons. The zero-order valence-corrected chi connectivity index (χ0v) is 15.0. The molecule has 25 heavy (non-hydrogen) atoms. The van der Waals surface area contributed by atoms with Crippen LogP contribution in [0.2, 0.25) is 0 Å². The Balaban J connectivity index is 2.07. The molecule has 0 bridgehead atoms. The van der Waals surface area contributed by atoms with Crippen LogP contribution in [0.25, 0.3) is 11.0 Å². The van der Waals surface area contributed by atoms with Gasteiger partial charge in [0.15, 0.2) is 16.5 Å². The topological polar surface area (TPSA) is 128 Å². The Bertz CT molecular complexity index is 1010. The van der Waals surface area contributed by atoms with E-state index >= 15 is 0 Å². The van der Waals surface area contributed by atoms with Gasteiger partial charge in [0.1, 0.15) is 5.00 Å². The van der Waals surface area contributed by atoms with E-state index in [4.69, 9.17) is 5.73 Å². The standard InChI is InChI=1S/C15H17N7O2S/c1-6-5-8(9-7(2)21-22(4)12(9)18-6)13(24)20-14-10(11(16)23)19-15(17-3)25-14/h5H,1-4H3,(H2,16,23)(H,17,19)(H,20,24). The Morgan fingerprint density at radius 2 is 2.00 bits per heavy atom. The average molecular weight is 359 g/mol. The van der Waals surface area contributed by atoms with Crippen LogP contribution in [-0.2, 0) is 7.05 Å². The van der Waals surface area contributed by atoms with Gasteiger partial charge < -0.3 is 16.4 Å². The van der Waals surface area contributed by atoms with Crippen molar-refractivity contribution in [3.05, 3.63) is 28.7 Å². The second-order valence-corrected chi connectivity index (χ2v) is 6.48. The quantitative estimate of drug-likeness (QED) is 0.646. The number of primary amides is 1. The van der Waals surface area contributed by atoms with Gasteiger partial charge in [-0.25, -0.2) is 9.97 Å². The molecule has 0 atom stereocenters. The zero-order chi connectivity index (χ0) is 18.3. The Morgan fingerprint density at radius 3 is 2.64 bits per heavy atom. The minimum absolute atomic E-state index is 0.0210. The molecular weight excluding hydrogens is 342 g/mol. The summed E-state index contributed by atoms with van der Waals surface area (Å²) in [5, 5.41) is 11.3. The van der Waals surface area contributed by atoms with Crippen molar-refractivity contribution >= 4 is 44.3 Å². The van der Waals surface area contributed by atoms with Crippen LogP contribution in [0.4, 0.5) is 10.1 Å². The number of amides is 2. The fraction of sp³-hybridized carbons (Fsp3) is 0.267. The molecule has 2 amide bonds. The highest BCUT2D eigenvalue weighted by atomic mass is 32.1. The highest BCUT2D eigenvalue weighted by Crippen LogP contribution is 2.29. The van der Waals surface area contributed by atoms with Gasteiger partial charge in [-0.3, -0.25) is 14.3 Å². The first-order valence-electron chi connectivity index (χ1n) is 7.42. The number of nitrogens with zero attached hydrogens (tertiary/aromatic N) is 4. The van der Waals surface area contributed by atoms with Gasteiger partial charge in [0, 0.05) is 19.8 Å². The summed E-state index contributed by atoms with van der Waals surface area (Å²) in [5.74, 6) is -1.08. The van der Waals surface area contributed by atoms with Crippen molar-refractivity contribution < 1.29 is 9.59 Å². The van der Waals surface area contributed by atoms with Crippen molar-refractivity contribution in [2.24, 2.45) is 12.8 Å². The van der Waals surface area contributed by atoms with Gasteiger partial charge in [-0.15, -0.1) is 0 Å². The van der Waals surface area contributed by atoms with Crippen LogP contribution >= 0.6 is 11.3 Å². The molecule has 9 nitrogen and oxygen atoms in total. The number of aromatic nitrogens is 4. The average Bonchev–Trinajstić information content (AvgIpc) is 3.08.